The van der Waals surface area contributed by atoms with Crippen molar-refractivity contribution in [3.05, 3.63) is 17.5 Å². The number of amidine groups is 1. The van der Waals surface area contributed by atoms with Gasteiger partial charge >= 0.3 is 6.01 Å². The number of aromatic nitrogens is 2. The summed E-state index contributed by atoms with van der Waals surface area (Å²) in [7, 11) is 0. The molecule has 0 atom stereocenters. The van der Waals surface area contributed by atoms with Gasteiger partial charge in [-0.05, 0) is 19.4 Å². The van der Waals surface area contributed by atoms with Crippen LogP contribution in [0.15, 0.2) is 11.2 Å². The molecule has 3 N–H and O–H groups in total. The number of ether oxygens (including phenoxy) is 1. The van der Waals surface area contributed by atoms with Gasteiger partial charge in [-0.2, -0.15) is 4.98 Å². The molecule has 6 nitrogen and oxygen atoms in total. The molecule has 6 heteroatoms. The predicted octanol–water partition coefficient (Wildman–Crippen LogP) is 2.62. The van der Waals surface area contributed by atoms with Crippen LogP contribution in [0.5, 0.6) is 6.01 Å². The van der Waals surface area contributed by atoms with E-state index in [-0.39, 0.29) is 11.8 Å². The van der Waals surface area contributed by atoms with E-state index in [2.05, 4.69) is 22.0 Å². The van der Waals surface area contributed by atoms with Crippen molar-refractivity contribution in [1.82, 2.24) is 9.97 Å². The number of nitrogens with two attached hydrogens (primary N) is 1. The third kappa shape index (κ3) is 5.86. The van der Waals surface area contributed by atoms with Gasteiger partial charge in [-0.25, -0.2) is 4.98 Å². The fourth-order valence-electron chi connectivity index (χ4n) is 1.83. The van der Waals surface area contributed by atoms with Gasteiger partial charge in [0.2, 0.25) is 0 Å². The minimum atomic E-state index is -0.0417. The smallest absolute Gasteiger partial charge is 0.317 e. The second-order valence-corrected chi connectivity index (χ2v) is 4.78. The normalized spacial score (nSPS) is 11.6. The van der Waals surface area contributed by atoms with Crippen LogP contribution in [0.1, 0.15) is 56.8 Å². The van der Waals surface area contributed by atoms with Gasteiger partial charge in [-0.1, -0.05) is 44.2 Å². The molecular weight excluding hydrogens is 256 g/mol. The van der Waals surface area contributed by atoms with Crippen LogP contribution in [0.4, 0.5) is 0 Å². The lowest BCUT2D eigenvalue weighted by atomic mass is 10.1. The predicted molar refractivity (Wildman–Crippen MR) is 78.2 cm³/mol. The zero-order valence-corrected chi connectivity index (χ0v) is 12.3. The van der Waals surface area contributed by atoms with Crippen LogP contribution in [0.25, 0.3) is 0 Å². The molecule has 0 saturated carbocycles. The maximum atomic E-state index is 8.65. The quantitative estimate of drug-likeness (QED) is 0.238. The van der Waals surface area contributed by atoms with Crippen LogP contribution in [0.3, 0.4) is 0 Å². The Kier molecular flexibility index (Phi) is 7.39. The fourth-order valence-corrected chi connectivity index (χ4v) is 1.83. The van der Waals surface area contributed by atoms with E-state index in [9.17, 15) is 0 Å². The van der Waals surface area contributed by atoms with Crippen molar-refractivity contribution in [2.75, 3.05) is 6.61 Å². The van der Waals surface area contributed by atoms with Crippen molar-refractivity contribution in [1.29, 1.82) is 0 Å². The van der Waals surface area contributed by atoms with Crippen molar-refractivity contribution < 1.29 is 9.94 Å². The molecule has 0 aliphatic heterocycles. The summed E-state index contributed by atoms with van der Waals surface area (Å²) in [5, 5.41) is 11.6. The summed E-state index contributed by atoms with van der Waals surface area (Å²) in [6, 6.07) is 1.92. The summed E-state index contributed by atoms with van der Waals surface area (Å²) in [5.41, 5.74) is 6.60. The Morgan fingerprint density at radius 2 is 1.95 bits per heavy atom. The first kappa shape index (κ1) is 16.2. The first-order chi connectivity index (χ1) is 9.67. The summed E-state index contributed by atoms with van der Waals surface area (Å²) in [6.45, 7) is 4.61. The largest absolute Gasteiger partial charge is 0.463 e. The Labute approximate surface area is 120 Å². The van der Waals surface area contributed by atoms with Crippen LogP contribution in [-0.4, -0.2) is 27.6 Å². The molecule has 1 aromatic rings. The maximum absolute atomic E-state index is 8.65. The van der Waals surface area contributed by atoms with Gasteiger partial charge in [0.25, 0.3) is 0 Å². The van der Waals surface area contributed by atoms with E-state index in [1.165, 1.54) is 25.7 Å². The Morgan fingerprint density at radius 1 is 1.25 bits per heavy atom. The monoisotopic (exact) mass is 280 g/mol. The number of hydrogen-bond donors (Lipinski definition) is 2. The van der Waals surface area contributed by atoms with E-state index in [0.717, 1.165) is 18.5 Å². The number of oxime groups is 1. The number of rotatable bonds is 9. The van der Waals surface area contributed by atoms with E-state index in [0.29, 0.717) is 12.3 Å². The van der Waals surface area contributed by atoms with E-state index < -0.39 is 0 Å². The van der Waals surface area contributed by atoms with Gasteiger partial charge in [0.1, 0.15) is 5.69 Å². The Bertz CT molecular complexity index is 435. The molecule has 0 bridgehead atoms. The molecule has 0 aliphatic rings. The molecule has 0 spiro atoms. The summed E-state index contributed by atoms with van der Waals surface area (Å²) in [5.74, 6) is -0.0417. The first-order valence-corrected chi connectivity index (χ1v) is 7.13. The van der Waals surface area contributed by atoms with E-state index in [4.69, 9.17) is 15.7 Å². The van der Waals surface area contributed by atoms with Gasteiger partial charge < -0.3 is 15.7 Å². The molecule has 1 aromatic heterocycles. The standard InChI is InChI=1S/C14H24N4O2/c1-3-4-5-6-7-8-9-20-14-16-11(2)10-12(17-14)13(15)18-19/h10,19H,3-9H2,1-2H3,(H2,15,18). The van der Waals surface area contributed by atoms with Crippen molar-refractivity contribution in [2.24, 2.45) is 10.9 Å². The van der Waals surface area contributed by atoms with Crippen LogP contribution in [-0.2, 0) is 0 Å². The Morgan fingerprint density at radius 3 is 2.65 bits per heavy atom. The second-order valence-electron chi connectivity index (χ2n) is 4.78. The molecule has 0 saturated heterocycles. The van der Waals surface area contributed by atoms with Crippen molar-refractivity contribution in [3.63, 3.8) is 0 Å². The average molecular weight is 280 g/mol. The fraction of sp³-hybridized carbons (Fsp3) is 0.643. The number of unbranched alkanes of at least 4 members (excludes halogenated alkanes) is 5. The Balaban J connectivity index is 2.38. The zero-order valence-electron chi connectivity index (χ0n) is 12.3. The molecule has 0 aliphatic carbocycles. The molecule has 1 heterocycles. The van der Waals surface area contributed by atoms with Crippen LogP contribution >= 0.6 is 0 Å². The van der Waals surface area contributed by atoms with Crippen molar-refractivity contribution >= 4 is 5.84 Å². The van der Waals surface area contributed by atoms with Crippen LogP contribution in [0, 0.1) is 6.92 Å². The summed E-state index contributed by atoms with van der Waals surface area (Å²) in [6.07, 6.45) is 7.21. The highest BCUT2D eigenvalue weighted by Crippen LogP contribution is 2.09. The molecule has 0 fully saturated rings. The Hall–Kier alpha value is -1.85. The van der Waals surface area contributed by atoms with Gasteiger partial charge in [-0.15, -0.1) is 0 Å². The molecule has 1 rings (SSSR count). The lowest BCUT2D eigenvalue weighted by Crippen LogP contribution is -2.16. The highest BCUT2D eigenvalue weighted by atomic mass is 16.5. The van der Waals surface area contributed by atoms with Crippen molar-refractivity contribution in [2.45, 2.75) is 52.4 Å². The molecular formula is C14H24N4O2. The minimum Gasteiger partial charge on any atom is -0.463 e. The topological polar surface area (TPSA) is 93.6 Å². The first-order valence-electron chi connectivity index (χ1n) is 7.13. The van der Waals surface area contributed by atoms with Gasteiger partial charge in [0.15, 0.2) is 5.84 Å². The lowest BCUT2D eigenvalue weighted by Gasteiger charge is -2.07. The highest BCUT2D eigenvalue weighted by molar-refractivity contribution is 5.95. The summed E-state index contributed by atoms with van der Waals surface area (Å²) >= 11 is 0. The van der Waals surface area contributed by atoms with E-state index in [1.54, 1.807) is 6.07 Å². The van der Waals surface area contributed by atoms with E-state index >= 15 is 0 Å². The molecule has 112 valence electrons. The van der Waals surface area contributed by atoms with Crippen LogP contribution in [0.2, 0.25) is 0 Å². The summed E-state index contributed by atoms with van der Waals surface area (Å²) < 4.78 is 5.51. The third-order valence-corrected chi connectivity index (χ3v) is 2.93. The average Bonchev–Trinajstić information content (AvgIpc) is 2.45. The second kappa shape index (κ2) is 9.12. The zero-order chi connectivity index (χ0) is 14.8. The van der Waals surface area contributed by atoms with Crippen LogP contribution < -0.4 is 10.5 Å². The molecule has 20 heavy (non-hydrogen) atoms. The van der Waals surface area contributed by atoms with E-state index in [1.807, 2.05) is 6.92 Å². The third-order valence-electron chi connectivity index (χ3n) is 2.93. The number of hydrogen-bond acceptors (Lipinski definition) is 5. The van der Waals surface area contributed by atoms with Crippen molar-refractivity contribution in [3.8, 4) is 6.01 Å². The lowest BCUT2D eigenvalue weighted by molar-refractivity contribution is 0.280. The maximum Gasteiger partial charge on any atom is 0.317 e. The van der Waals surface area contributed by atoms with Gasteiger partial charge in [-0.3, -0.25) is 0 Å². The van der Waals surface area contributed by atoms with Gasteiger partial charge in [0.05, 0.1) is 6.61 Å². The molecule has 0 unspecified atom stereocenters. The number of nitrogens with zero attached hydrogens (tertiary/aromatic N) is 3. The highest BCUT2D eigenvalue weighted by Gasteiger charge is 2.07. The minimum absolute atomic E-state index is 0.0417. The van der Waals surface area contributed by atoms with Gasteiger partial charge in [0, 0.05) is 5.69 Å². The molecule has 0 radical (unpaired) electrons. The summed E-state index contributed by atoms with van der Waals surface area (Å²) in [4.78, 5) is 8.27. The number of aryl methyl sites for hydroxylation is 1. The molecule has 0 amide bonds. The molecule has 0 aromatic carbocycles. The SMILES string of the molecule is CCCCCCCCOc1nc(C)cc(/C(N)=N/O)n1.